The lowest BCUT2D eigenvalue weighted by molar-refractivity contribution is 0.469. The van der Waals surface area contributed by atoms with Crippen molar-refractivity contribution in [3.8, 4) is 5.75 Å². The normalized spacial score (nSPS) is 11.4. The zero-order chi connectivity index (χ0) is 22.7. The number of aryl methyl sites for hydroxylation is 2. The van der Waals surface area contributed by atoms with Crippen LogP contribution in [0.15, 0.2) is 48.5 Å². The molecule has 0 saturated carbocycles. The lowest BCUT2D eigenvalue weighted by atomic mass is 9.90. The van der Waals surface area contributed by atoms with Crippen LogP contribution in [0, 0.1) is 13.8 Å². The zero-order valence-corrected chi connectivity index (χ0v) is 19.7. The average molecular weight is 417 g/mol. The molecule has 0 atom stereocenters. The van der Waals surface area contributed by atoms with Crippen LogP contribution in [0.5, 0.6) is 5.75 Å². The van der Waals surface area contributed by atoms with Crippen molar-refractivity contribution in [1.29, 1.82) is 0 Å². The Morgan fingerprint density at radius 3 is 2.03 bits per heavy atom. The summed E-state index contributed by atoms with van der Waals surface area (Å²) in [4.78, 5) is 0. The first-order valence-corrected chi connectivity index (χ1v) is 11.2. The number of nitrogens with two attached hydrogens (primary N) is 1. The molecule has 0 unspecified atom stereocenters. The molecule has 3 heteroatoms. The molecule has 0 aliphatic carbocycles. The molecule has 31 heavy (non-hydrogen) atoms. The standard InChI is InChI=1S/C28H36N2O/c1-17(2)24-14-21(11-19(5)27(24)29)13-22-12-20(6)28(25(15-22)18(3)4)30-16-23-9-7-8-10-26(23)31/h7-12,14-15,17-18,30-31H,13,16,29H2,1-6H3. The van der Waals surface area contributed by atoms with Gasteiger partial charge in [0.1, 0.15) is 5.75 Å². The van der Waals surface area contributed by atoms with E-state index in [-0.39, 0.29) is 0 Å². The SMILES string of the molecule is Cc1cc(Cc2cc(C)c(NCc3ccccc3O)c(C(C)C)c2)cc(C(C)C)c1N. The first-order valence-electron chi connectivity index (χ1n) is 11.2. The molecular weight excluding hydrogens is 380 g/mol. The van der Waals surface area contributed by atoms with Crippen molar-refractivity contribution in [2.24, 2.45) is 0 Å². The van der Waals surface area contributed by atoms with Gasteiger partial charge in [0.25, 0.3) is 0 Å². The summed E-state index contributed by atoms with van der Waals surface area (Å²) in [6.45, 7) is 13.7. The van der Waals surface area contributed by atoms with E-state index in [1.165, 1.54) is 33.5 Å². The van der Waals surface area contributed by atoms with Gasteiger partial charge in [-0.05, 0) is 71.6 Å². The lowest BCUT2D eigenvalue weighted by Gasteiger charge is -2.20. The second-order valence-electron chi connectivity index (χ2n) is 9.26. The summed E-state index contributed by atoms with van der Waals surface area (Å²) < 4.78 is 0. The molecule has 0 aliphatic rings. The molecule has 0 spiro atoms. The second kappa shape index (κ2) is 9.47. The van der Waals surface area contributed by atoms with Crippen molar-refractivity contribution >= 4 is 11.4 Å². The van der Waals surface area contributed by atoms with Gasteiger partial charge in [-0.3, -0.25) is 0 Å². The van der Waals surface area contributed by atoms with Crippen molar-refractivity contribution in [2.45, 2.75) is 66.3 Å². The Kier molecular flexibility index (Phi) is 6.94. The van der Waals surface area contributed by atoms with Crippen LogP contribution in [0.3, 0.4) is 0 Å². The van der Waals surface area contributed by atoms with E-state index in [4.69, 9.17) is 5.73 Å². The molecule has 3 aromatic rings. The molecule has 3 rings (SSSR count). The second-order valence-corrected chi connectivity index (χ2v) is 9.26. The maximum Gasteiger partial charge on any atom is 0.120 e. The molecule has 0 radical (unpaired) electrons. The summed E-state index contributed by atoms with van der Waals surface area (Å²) in [6.07, 6.45) is 0.890. The molecule has 0 bridgehead atoms. The van der Waals surface area contributed by atoms with Crippen LogP contribution in [0.2, 0.25) is 0 Å². The molecule has 3 aromatic carbocycles. The third kappa shape index (κ3) is 5.22. The fourth-order valence-corrected chi connectivity index (χ4v) is 4.25. The number of hydrogen-bond donors (Lipinski definition) is 3. The Bertz CT molecular complexity index is 1070. The van der Waals surface area contributed by atoms with Gasteiger partial charge in [-0.15, -0.1) is 0 Å². The van der Waals surface area contributed by atoms with Crippen LogP contribution in [-0.4, -0.2) is 5.11 Å². The number of para-hydroxylation sites is 1. The quantitative estimate of drug-likeness (QED) is 0.362. The van der Waals surface area contributed by atoms with E-state index in [1.807, 2.05) is 18.2 Å². The van der Waals surface area contributed by atoms with Gasteiger partial charge < -0.3 is 16.2 Å². The van der Waals surface area contributed by atoms with Gasteiger partial charge in [-0.2, -0.15) is 0 Å². The summed E-state index contributed by atoms with van der Waals surface area (Å²) in [5.41, 5.74) is 16.8. The summed E-state index contributed by atoms with van der Waals surface area (Å²) in [5.74, 6) is 1.13. The van der Waals surface area contributed by atoms with Crippen molar-refractivity contribution in [3.63, 3.8) is 0 Å². The molecule has 0 heterocycles. The maximum atomic E-state index is 10.1. The van der Waals surface area contributed by atoms with Crippen LogP contribution >= 0.6 is 0 Å². The van der Waals surface area contributed by atoms with Gasteiger partial charge in [0, 0.05) is 23.5 Å². The van der Waals surface area contributed by atoms with Crippen LogP contribution in [0.1, 0.15) is 78.5 Å². The zero-order valence-electron chi connectivity index (χ0n) is 19.7. The van der Waals surface area contributed by atoms with E-state index < -0.39 is 0 Å². The largest absolute Gasteiger partial charge is 0.508 e. The first kappa shape index (κ1) is 22.7. The summed E-state index contributed by atoms with van der Waals surface area (Å²) in [5, 5.41) is 13.7. The van der Waals surface area contributed by atoms with Gasteiger partial charge in [0.15, 0.2) is 0 Å². The molecule has 0 amide bonds. The third-order valence-electron chi connectivity index (χ3n) is 6.00. The van der Waals surface area contributed by atoms with Crippen LogP contribution < -0.4 is 11.1 Å². The van der Waals surface area contributed by atoms with Crippen molar-refractivity contribution < 1.29 is 5.11 Å². The van der Waals surface area contributed by atoms with Crippen LogP contribution in [0.25, 0.3) is 0 Å². The number of phenolic OH excluding ortho intramolecular Hbond substituents is 1. The highest BCUT2D eigenvalue weighted by atomic mass is 16.3. The average Bonchev–Trinajstić information content (AvgIpc) is 2.70. The number of phenols is 1. The third-order valence-corrected chi connectivity index (χ3v) is 6.00. The smallest absolute Gasteiger partial charge is 0.120 e. The lowest BCUT2D eigenvalue weighted by Crippen LogP contribution is -2.07. The van der Waals surface area contributed by atoms with E-state index in [0.717, 1.165) is 23.2 Å². The summed E-state index contributed by atoms with van der Waals surface area (Å²) in [6, 6.07) is 16.6. The molecule has 0 aliphatic heterocycles. The van der Waals surface area contributed by atoms with E-state index in [0.29, 0.717) is 24.1 Å². The van der Waals surface area contributed by atoms with Gasteiger partial charge in [0.2, 0.25) is 0 Å². The highest BCUT2D eigenvalue weighted by Gasteiger charge is 2.14. The number of nitrogen functional groups attached to an aromatic ring is 1. The summed E-state index contributed by atoms with van der Waals surface area (Å²) in [7, 11) is 0. The first-order chi connectivity index (χ1) is 14.7. The highest BCUT2D eigenvalue weighted by Crippen LogP contribution is 2.32. The van der Waals surface area contributed by atoms with Gasteiger partial charge in [-0.25, -0.2) is 0 Å². The van der Waals surface area contributed by atoms with Crippen LogP contribution in [0.4, 0.5) is 11.4 Å². The van der Waals surface area contributed by atoms with Crippen LogP contribution in [-0.2, 0) is 13.0 Å². The number of anilines is 2. The summed E-state index contributed by atoms with van der Waals surface area (Å²) >= 11 is 0. The molecule has 0 fully saturated rings. The minimum atomic E-state index is 0.329. The van der Waals surface area contributed by atoms with E-state index in [2.05, 4.69) is 71.1 Å². The van der Waals surface area contributed by atoms with Crippen molar-refractivity contribution in [2.75, 3.05) is 11.1 Å². The van der Waals surface area contributed by atoms with E-state index >= 15 is 0 Å². The minimum Gasteiger partial charge on any atom is -0.508 e. The number of benzene rings is 3. The number of nitrogens with one attached hydrogen (secondary N) is 1. The van der Waals surface area contributed by atoms with Gasteiger partial charge >= 0.3 is 0 Å². The monoisotopic (exact) mass is 416 g/mol. The highest BCUT2D eigenvalue weighted by molar-refractivity contribution is 5.61. The predicted molar refractivity (Wildman–Crippen MR) is 133 cm³/mol. The fourth-order valence-electron chi connectivity index (χ4n) is 4.25. The Labute approximate surface area is 187 Å². The maximum absolute atomic E-state index is 10.1. The molecule has 4 N–H and O–H groups in total. The number of rotatable bonds is 7. The number of aromatic hydroxyl groups is 1. The topological polar surface area (TPSA) is 58.3 Å². The van der Waals surface area contributed by atoms with Gasteiger partial charge in [0.05, 0.1) is 0 Å². The van der Waals surface area contributed by atoms with E-state index in [1.54, 1.807) is 6.07 Å². The fraction of sp³-hybridized carbons (Fsp3) is 0.357. The molecule has 3 nitrogen and oxygen atoms in total. The Hall–Kier alpha value is -2.94. The Morgan fingerprint density at radius 2 is 1.42 bits per heavy atom. The molecule has 164 valence electrons. The van der Waals surface area contributed by atoms with Crippen molar-refractivity contribution in [1.82, 2.24) is 0 Å². The van der Waals surface area contributed by atoms with Crippen molar-refractivity contribution in [3.05, 3.63) is 87.5 Å². The van der Waals surface area contributed by atoms with E-state index in [9.17, 15) is 5.11 Å². The molecular formula is C28H36N2O. The molecule has 0 aromatic heterocycles. The number of hydrogen-bond acceptors (Lipinski definition) is 3. The molecule has 0 saturated heterocycles. The predicted octanol–water partition coefficient (Wildman–Crippen LogP) is 7.04. The minimum absolute atomic E-state index is 0.329. The Morgan fingerprint density at radius 1 is 0.839 bits per heavy atom. The van der Waals surface area contributed by atoms with Gasteiger partial charge in [-0.1, -0.05) is 70.2 Å². The Balaban J connectivity index is 1.91.